The summed E-state index contributed by atoms with van der Waals surface area (Å²) in [7, 11) is 1.95. The summed E-state index contributed by atoms with van der Waals surface area (Å²) in [6, 6.07) is 9.18. The normalized spacial score (nSPS) is 16.5. The number of hydrogen-bond donors (Lipinski definition) is 4. The van der Waals surface area contributed by atoms with E-state index >= 15 is 0 Å². The maximum absolute atomic E-state index is 12.6. The second kappa shape index (κ2) is 7.77. The van der Waals surface area contributed by atoms with E-state index in [9.17, 15) is 9.59 Å². The Morgan fingerprint density at radius 3 is 2.57 bits per heavy atom. The number of benzene rings is 1. The van der Waals surface area contributed by atoms with Crippen molar-refractivity contribution >= 4 is 23.0 Å². The van der Waals surface area contributed by atoms with Gasteiger partial charge in [-0.2, -0.15) is 0 Å². The molecule has 2 aliphatic rings. The number of anilines is 2. The number of carbonyl (C=O) groups excluding carboxylic acids is 1. The number of rotatable bonds is 4. The molecule has 4 rings (SSSR count). The Labute approximate surface area is 163 Å². The predicted octanol–water partition coefficient (Wildman–Crippen LogP) is 0.828. The molecular formula is C20H24N6O2. The lowest BCUT2D eigenvalue weighted by Gasteiger charge is -2.29. The molecule has 0 radical (unpaired) electrons. The van der Waals surface area contributed by atoms with Crippen molar-refractivity contribution < 1.29 is 4.79 Å². The summed E-state index contributed by atoms with van der Waals surface area (Å²) in [5.41, 5.74) is 3.30. The molecule has 2 aliphatic heterocycles. The lowest BCUT2D eigenvalue weighted by atomic mass is 10.1. The first-order chi connectivity index (χ1) is 13.6. The molecule has 0 spiro atoms. The Hall–Kier alpha value is -3.26. The molecule has 3 heterocycles. The fourth-order valence-corrected chi connectivity index (χ4v) is 3.44. The number of H-pyrrole nitrogens is 1. The fraction of sp³-hybridized carbons (Fsp3) is 0.300. The van der Waals surface area contributed by atoms with Crippen LogP contribution in [0.3, 0.4) is 0 Å². The molecule has 4 N–H and O–H groups in total. The molecule has 1 amide bonds. The van der Waals surface area contributed by atoms with Crippen molar-refractivity contribution in [1.82, 2.24) is 20.5 Å². The van der Waals surface area contributed by atoms with Crippen LogP contribution in [0.4, 0.5) is 11.4 Å². The van der Waals surface area contributed by atoms with Gasteiger partial charge in [0.25, 0.3) is 11.5 Å². The van der Waals surface area contributed by atoms with Crippen LogP contribution in [0.2, 0.25) is 0 Å². The smallest absolute Gasteiger partial charge is 0.271 e. The van der Waals surface area contributed by atoms with E-state index in [4.69, 9.17) is 0 Å². The van der Waals surface area contributed by atoms with Gasteiger partial charge in [0, 0.05) is 62.4 Å². The van der Waals surface area contributed by atoms with Gasteiger partial charge in [-0.15, -0.1) is 0 Å². The summed E-state index contributed by atoms with van der Waals surface area (Å²) >= 11 is 0. The molecule has 0 aliphatic carbocycles. The zero-order chi connectivity index (χ0) is 19.5. The highest BCUT2D eigenvalue weighted by Gasteiger charge is 2.16. The molecule has 1 aromatic heterocycles. The molecule has 1 fully saturated rings. The zero-order valence-corrected chi connectivity index (χ0v) is 15.8. The molecule has 0 atom stereocenters. The minimum atomic E-state index is -0.330. The quantitative estimate of drug-likeness (QED) is 0.628. The lowest BCUT2D eigenvalue weighted by molar-refractivity contribution is 0.102. The van der Waals surface area contributed by atoms with Gasteiger partial charge in [-0.25, -0.2) is 0 Å². The van der Waals surface area contributed by atoms with Gasteiger partial charge in [0.2, 0.25) is 0 Å². The highest BCUT2D eigenvalue weighted by atomic mass is 16.2. The number of piperazine rings is 1. The number of amides is 1. The van der Waals surface area contributed by atoms with E-state index in [2.05, 4.69) is 25.8 Å². The zero-order valence-electron chi connectivity index (χ0n) is 15.8. The summed E-state index contributed by atoms with van der Waals surface area (Å²) in [5.74, 6) is -0.304. The number of nitrogens with one attached hydrogen (secondary N) is 4. The first-order valence-electron chi connectivity index (χ1n) is 9.37. The van der Waals surface area contributed by atoms with Gasteiger partial charge in [-0.05, 0) is 30.3 Å². The molecular weight excluding hydrogens is 356 g/mol. The van der Waals surface area contributed by atoms with Gasteiger partial charge in [-0.3, -0.25) is 9.59 Å². The van der Waals surface area contributed by atoms with Crippen LogP contribution < -0.4 is 26.4 Å². The van der Waals surface area contributed by atoms with E-state index in [0.717, 1.165) is 43.1 Å². The summed E-state index contributed by atoms with van der Waals surface area (Å²) < 4.78 is 0. The van der Waals surface area contributed by atoms with Crippen LogP contribution in [0.5, 0.6) is 0 Å². The van der Waals surface area contributed by atoms with Crippen LogP contribution in [0.1, 0.15) is 15.9 Å². The van der Waals surface area contributed by atoms with Crippen LogP contribution >= 0.6 is 0 Å². The third kappa shape index (κ3) is 3.72. The lowest BCUT2D eigenvalue weighted by Crippen LogP contribution is -2.43. The molecule has 0 unspecified atom stereocenters. The van der Waals surface area contributed by atoms with E-state index in [1.807, 2.05) is 30.3 Å². The van der Waals surface area contributed by atoms with Crippen molar-refractivity contribution in [3.8, 4) is 0 Å². The summed E-state index contributed by atoms with van der Waals surface area (Å²) in [6.45, 7) is 4.53. The van der Waals surface area contributed by atoms with Gasteiger partial charge in [0.05, 0.1) is 12.4 Å². The third-order valence-electron chi connectivity index (χ3n) is 5.04. The van der Waals surface area contributed by atoms with Crippen molar-refractivity contribution in [3.05, 3.63) is 64.2 Å². The predicted molar refractivity (Wildman–Crippen MR) is 110 cm³/mol. The Balaban J connectivity index is 1.49. The average molecular weight is 380 g/mol. The molecule has 146 valence electrons. The fourth-order valence-electron chi connectivity index (χ4n) is 3.44. The molecule has 0 bridgehead atoms. The number of aromatic nitrogens is 1. The maximum Gasteiger partial charge on any atom is 0.271 e. The standard InChI is InChI=1S/C20H24N6O2/c1-25-13-22-12-18(25)15-10-17(20(28)23-11-15)24-19(27)14-2-4-16(5-3-14)26-8-6-21-7-9-26/h2-5,10-12,21-22H,6-9,13H2,1H3,(H,23,28)(H,24,27). The molecule has 0 saturated carbocycles. The first-order valence-corrected chi connectivity index (χ1v) is 9.37. The van der Waals surface area contributed by atoms with Crippen LogP contribution in [0, 0.1) is 0 Å². The average Bonchev–Trinajstić information content (AvgIpc) is 3.16. The number of aromatic amines is 1. The van der Waals surface area contributed by atoms with Crippen molar-refractivity contribution in [3.63, 3.8) is 0 Å². The maximum atomic E-state index is 12.6. The van der Waals surface area contributed by atoms with Gasteiger partial charge in [0.1, 0.15) is 5.69 Å². The largest absolute Gasteiger partial charge is 0.372 e. The van der Waals surface area contributed by atoms with Crippen molar-refractivity contribution in [1.29, 1.82) is 0 Å². The minimum Gasteiger partial charge on any atom is -0.372 e. The second-order valence-electron chi connectivity index (χ2n) is 6.96. The highest BCUT2D eigenvalue weighted by molar-refractivity contribution is 6.04. The van der Waals surface area contributed by atoms with E-state index in [1.54, 1.807) is 24.4 Å². The van der Waals surface area contributed by atoms with Crippen molar-refractivity contribution in [2.24, 2.45) is 0 Å². The minimum absolute atomic E-state index is 0.231. The highest BCUT2D eigenvalue weighted by Crippen LogP contribution is 2.21. The van der Waals surface area contributed by atoms with Gasteiger partial charge in [-0.1, -0.05) is 0 Å². The molecule has 1 aromatic carbocycles. The van der Waals surface area contributed by atoms with E-state index < -0.39 is 0 Å². The Kier molecular flexibility index (Phi) is 5.03. The SMILES string of the molecule is CN1CNC=C1c1c[nH]c(=O)c(NC(=O)c2ccc(N3CCNCC3)cc2)c1. The van der Waals surface area contributed by atoms with E-state index in [0.29, 0.717) is 12.2 Å². The van der Waals surface area contributed by atoms with Crippen molar-refractivity contribution in [2.75, 3.05) is 50.1 Å². The number of hydrogen-bond acceptors (Lipinski definition) is 6. The summed E-state index contributed by atoms with van der Waals surface area (Å²) in [4.78, 5) is 31.8. The Morgan fingerprint density at radius 1 is 1.14 bits per heavy atom. The Morgan fingerprint density at radius 2 is 1.89 bits per heavy atom. The number of pyridine rings is 1. The first kappa shape index (κ1) is 18.1. The van der Waals surface area contributed by atoms with Crippen LogP contribution in [-0.4, -0.2) is 55.7 Å². The van der Waals surface area contributed by atoms with Gasteiger partial charge in [0.15, 0.2) is 0 Å². The molecule has 28 heavy (non-hydrogen) atoms. The van der Waals surface area contributed by atoms with Gasteiger partial charge >= 0.3 is 0 Å². The molecule has 2 aromatic rings. The molecule has 8 heteroatoms. The van der Waals surface area contributed by atoms with Crippen LogP contribution in [0.15, 0.2) is 47.5 Å². The number of carbonyl (C=O) groups is 1. The molecule has 8 nitrogen and oxygen atoms in total. The third-order valence-corrected chi connectivity index (χ3v) is 5.04. The monoisotopic (exact) mass is 380 g/mol. The van der Waals surface area contributed by atoms with Crippen LogP contribution in [0.25, 0.3) is 5.70 Å². The topological polar surface area (TPSA) is 92.5 Å². The summed E-state index contributed by atoms with van der Waals surface area (Å²) in [6.07, 6.45) is 3.53. The van der Waals surface area contributed by atoms with Crippen molar-refractivity contribution in [2.45, 2.75) is 0 Å². The van der Waals surface area contributed by atoms with E-state index in [1.165, 1.54) is 0 Å². The molecule has 1 saturated heterocycles. The second-order valence-corrected chi connectivity index (χ2v) is 6.96. The Bertz CT molecular complexity index is 944. The van der Waals surface area contributed by atoms with Crippen LogP contribution in [-0.2, 0) is 0 Å². The van der Waals surface area contributed by atoms with E-state index in [-0.39, 0.29) is 17.2 Å². The van der Waals surface area contributed by atoms with Gasteiger partial charge < -0.3 is 30.7 Å². The summed E-state index contributed by atoms with van der Waals surface area (Å²) in [5, 5.41) is 9.19. The number of nitrogens with zero attached hydrogens (tertiary/aromatic N) is 2.